The lowest BCUT2D eigenvalue weighted by Crippen LogP contribution is -2.12. The van der Waals surface area contributed by atoms with Gasteiger partial charge in [0.15, 0.2) is 0 Å². The fraction of sp³-hybridized carbons (Fsp3) is 0.400. The minimum absolute atomic E-state index is 0.00959. The third-order valence-electron chi connectivity index (χ3n) is 5.95. The second-order valence-electron chi connectivity index (χ2n) is 8.58. The summed E-state index contributed by atoms with van der Waals surface area (Å²) < 4.78 is 5.78. The van der Waals surface area contributed by atoms with Crippen LogP contribution in [0.25, 0.3) is 11.1 Å². The largest absolute Gasteiger partial charge is 0.461 e. The van der Waals surface area contributed by atoms with E-state index in [0.717, 1.165) is 11.1 Å². The summed E-state index contributed by atoms with van der Waals surface area (Å²) in [6, 6.07) is 14.6. The number of ether oxygens (including phenoxy) is 1. The molecule has 2 atom stereocenters. The van der Waals surface area contributed by atoms with Gasteiger partial charge in [-0.15, -0.1) is 0 Å². The van der Waals surface area contributed by atoms with E-state index in [9.17, 15) is 4.79 Å². The first-order valence-electron chi connectivity index (χ1n) is 9.69. The highest BCUT2D eigenvalue weighted by atomic mass is 16.5. The van der Waals surface area contributed by atoms with Gasteiger partial charge in [-0.05, 0) is 66.8 Å². The van der Waals surface area contributed by atoms with Crippen molar-refractivity contribution in [3.05, 3.63) is 70.8 Å². The van der Waals surface area contributed by atoms with E-state index < -0.39 is 0 Å². The highest BCUT2D eigenvalue weighted by Gasteiger charge is 2.61. The predicted molar refractivity (Wildman–Crippen MR) is 111 cm³/mol. The van der Waals surface area contributed by atoms with Crippen molar-refractivity contribution in [2.24, 2.45) is 17.3 Å². The van der Waals surface area contributed by atoms with E-state index in [-0.39, 0.29) is 23.2 Å². The molecule has 0 heterocycles. The molecule has 0 radical (unpaired) electrons. The number of aryl methyl sites for hydroxylation is 1. The molecule has 0 spiro atoms. The fourth-order valence-corrected chi connectivity index (χ4v) is 4.08. The molecule has 2 heteroatoms. The molecular formula is C25H30O2. The van der Waals surface area contributed by atoms with E-state index in [1.54, 1.807) is 0 Å². The van der Waals surface area contributed by atoms with Gasteiger partial charge in [-0.1, -0.05) is 68.0 Å². The topological polar surface area (TPSA) is 26.3 Å². The van der Waals surface area contributed by atoms with Gasteiger partial charge in [-0.25, -0.2) is 0 Å². The zero-order valence-corrected chi connectivity index (χ0v) is 17.3. The molecule has 0 N–H and O–H groups in total. The summed E-state index contributed by atoms with van der Waals surface area (Å²) in [6.45, 7) is 13.0. The molecule has 27 heavy (non-hydrogen) atoms. The number of hydrogen-bond acceptors (Lipinski definition) is 2. The summed E-state index contributed by atoms with van der Waals surface area (Å²) in [5.74, 6) is 0.171. The number of rotatable bonds is 5. The zero-order chi connectivity index (χ0) is 19.8. The molecule has 0 bridgehead atoms. The van der Waals surface area contributed by atoms with Gasteiger partial charge in [0.25, 0.3) is 0 Å². The Bertz CT molecular complexity index is 871. The summed E-state index contributed by atoms with van der Waals surface area (Å²) in [5.41, 5.74) is 7.09. The predicted octanol–water partition coefficient (Wildman–Crippen LogP) is 6.25. The van der Waals surface area contributed by atoms with Gasteiger partial charge in [-0.2, -0.15) is 0 Å². The van der Waals surface area contributed by atoms with Gasteiger partial charge in [-0.3, -0.25) is 4.79 Å². The number of benzene rings is 2. The number of hydrogen-bond donors (Lipinski definition) is 0. The fourth-order valence-electron chi connectivity index (χ4n) is 4.08. The van der Waals surface area contributed by atoms with E-state index in [1.165, 1.54) is 22.3 Å². The highest BCUT2D eigenvalue weighted by molar-refractivity contribution is 5.78. The molecule has 1 aliphatic rings. The average Bonchev–Trinajstić information content (AvgIpc) is 3.14. The van der Waals surface area contributed by atoms with E-state index in [2.05, 4.69) is 71.9 Å². The normalized spacial score (nSPS) is 20.1. The zero-order valence-electron chi connectivity index (χ0n) is 17.3. The van der Waals surface area contributed by atoms with Crippen LogP contribution in [0, 0.1) is 31.1 Å². The molecule has 1 saturated carbocycles. The van der Waals surface area contributed by atoms with E-state index in [1.807, 2.05) is 18.2 Å². The molecule has 2 aromatic rings. The molecular weight excluding hydrogens is 332 g/mol. The molecule has 1 fully saturated rings. The van der Waals surface area contributed by atoms with E-state index in [4.69, 9.17) is 4.74 Å². The molecule has 0 aliphatic heterocycles. The summed E-state index contributed by atoms with van der Waals surface area (Å²) in [4.78, 5) is 12.7. The first kappa shape index (κ1) is 19.4. The molecule has 2 unspecified atom stereocenters. The van der Waals surface area contributed by atoms with Crippen molar-refractivity contribution in [1.82, 2.24) is 0 Å². The van der Waals surface area contributed by atoms with Crippen LogP contribution >= 0.6 is 0 Å². The standard InChI is InChI=1S/C25H30O2/c1-16(2)14-22-23(25(22,5)6)24(26)27-15-21-17(3)12-13-20(18(21)4)19-10-8-7-9-11-19/h7-14,22-23H,15H2,1-6H3. The lowest BCUT2D eigenvalue weighted by atomic mass is 9.94. The van der Waals surface area contributed by atoms with E-state index in [0.29, 0.717) is 6.61 Å². The average molecular weight is 363 g/mol. The number of carbonyl (C=O) groups is 1. The maximum absolute atomic E-state index is 12.7. The molecule has 0 amide bonds. The molecule has 0 aromatic heterocycles. The van der Waals surface area contributed by atoms with Crippen molar-refractivity contribution in [2.45, 2.75) is 48.1 Å². The van der Waals surface area contributed by atoms with Gasteiger partial charge < -0.3 is 4.74 Å². The Morgan fingerprint density at radius 3 is 2.37 bits per heavy atom. The maximum atomic E-state index is 12.7. The van der Waals surface area contributed by atoms with Crippen LogP contribution in [-0.4, -0.2) is 5.97 Å². The maximum Gasteiger partial charge on any atom is 0.310 e. The second-order valence-corrected chi connectivity index (χ2v) is 8.58. The van der Waals surface area contributed by atoms with Crippen LogP contribution in [-0.2, 0) is 16.1 Å². The third-order valence-corrected chi connectivity index (χ3v) is 5.95. The Morgan fingerprint density at radius 2 is 1.74 bits per heavy atom. The van der Waals surface area contributed by atoms with Crippen molar-refractivity contribution >= 4 is 5.97 Å². The molecule has 2 nitrogen and oxygen atoms in total. The van der Waals surface area contributed by atoms with Crippen LogP contribution in [0.4, 0.5) is 0 Å². The van der Waals surface area contributed by atoms with Crippen molar-refractivity contribution in [2.75, 3.05) is 0 Å². The Morgan fingerprint density at radius 1 is 1.07 bits per heavy atom. The first-order valence-corrected chi connectivity index (χ1v) is 9.69. The van der Waals surface area contributed by atoms with Gasteiger partial charge in [0.1, 0.15) is 6.61 Å². The number of carbonyl (C=O) groups excluding carboxylic acids is 1. The van der Waals surface area contributed by atoms with Gasteiger partial charge in [0, 0.05) is 0 Å². The number of esters is 1. The van der Waals surface area contributed by atoms with Crippen molar-refractivity contribution in [3.63, 3.8) is 0 Å². The number of allylic oxidation sites excluding steroid dienone is 2. The minimum Gasteiger partial charge on any atom is -0.461 e. The lowest BCUT2D eigenvalue weighted by molar-refractivity contribution is -0.147. The van der Waals surface area contributed by atoms with Crippen LogP contribution in [0.5, 0.6) is 0 Å². The van der Waals surface area contributed by atoms with E-state index >= 15 is 0 Å². The Kier molecular flexibility index (Phi) is 5.28. The van der Waals surface area contributed by atoms with Crippen LogP contribution in [0.3, 0.4) is 0 Å². The van der Waals surface area contributed by atoms with Gasteiger partial charge in [0.05, 0.1) is 5.92 Å². The molecule has 3 rings (SSSR count). The first-order chi connectivity index (χ1) is 12.7. The second kappa shape index (κ2) is 7.34. The van der Waals surface area contributed by atoms with Crippen molar-refractivity contribution in [1.29, 1.82) is 0 Å². The molecule has 0 saturated heterocycles. The Hall–Kier alpha value is -2.35. The Labute approximate surface area is 163 Å². The lowest BCUT2D eigenvalue weighted by Gasteiger charge is -2.15. The van der Waals surface area contributed by atoms with Crippen LogP contribution in [0.15, 0.2) is 54.1 Å². The van der Waals surface area contributed by atoms with Crippen LogP contribution < -0.4 is 0 Å². The van der Waals surface area contributed by atoms with Gasteiger partial charge >= 0.3 is 5.97 Å². The quantitative estimate of drug-likeness (QED) is 0.464. The highest BCUT2D eigenvalue weighted by Crippen LogP contribution is 2.59. The summed E-state index contributed by atoms with van der Waals surface area (Å²) >= 11 is 0. The Balaban J connectivity index is 1.77. The van der Waals surface area contributed by atoms with Crippen molar-refractivity contribution < 1.29 is 9.53 Å². The van der Waals surface area contributed by atoms with Crippen LogP contribution in [0.1, 0.15) is 44.4 Å². The summed E-state index contributed by atoms with van der Waals surface area (Å²) in [7, 11) is 0. The molecule has 142 valence electrons. The smallest absolute Gasteiger partial charge is 0.310 e. The summed E-state index contributed by atoms with van der Waals surface area (Å²) in [5, 5.41) is 0. The minimum atomic E-state index is -0.0774. The monoisotopic (exact) mass is 362 g/mol. The molecule has 2 aromatic carbocycles. The third kappa shape index (κ3) is 3.85. The SMILES string of the molecule is CC(C)=CC1C(C(=O)OCc2c(C)ccc(-c3ccccc3)c2C)C1(C)C. The van der Waals surface area contributed by atoms with Crippen molar-refractivity contribution in [3.8, 4) is 11.1 Å². The molecule has 1 aliphatic carbocycles. The summed E-state index contributed by atoms with van der Waals surface area (Å²) in [6.07, 6.45) is 2.21. The van der Waals surface area contributed by atoms with Crippen LogP contribution in [0.2, 0.25) is 0 Å². The van der Waals surface area contributed by atoms with Gasteiger partial charge in [0.2, 0.25) is 0 Å².